The smallest absolute Gasteiger partial charge is 0.125 e. The SMILES string of the molecule is N#CC1(Nc2ccccc2Br)CCCCCC1. The lowest BCUT2D eigenvalue weighted by Crippen LogP contribution is -2.36. The molecule has 3 heteroatoms. The molecule has 0 aliphatic heterocycles. The molecule has 90 valence electrons. The molecule has 1 aromatic carbocycles. The van der Waals surface area contributed by atoms with Gasteiger partial charge in [0.25, 0.3) is 0 Å². The van der Waals surface area contributed by atoms with Crippen LogP contribution in [0.2, 0.25) is 0 Å². The van der Waals surface area contributed by atoms with Gasteiger partial charge in [0.05, 0.1) is 6.07 Å². The quantitative estimate of drug-likeness (QED) is 0.816. The van der Waals surface area contributed by atoms with Crippen LogP contribution in [-0.4, -0.2) is 5.54 Å². The van der Waals surface area contributed by atoms with Crippen molar-refractivity contribution >= 4 is 21.6 Å². The number of hydrogen-bond acceptors (Lipinski definition) is 2. The minimum Gasteiger partial charge on any atom is -0.366 e. The maximum atomic E-state index is 9.49. The first kappa shape index (κ1) is 12.4. The summed E-state index contributed by atoms with van der Waals surface area (Å²) in [6.45, 7) is 0. The molecule has 1 fully saturated rings. The van der Waals surface area contributed by atoms with E-state index in [1.165, 1.54) is 12.8 Å². The molecule has 0 spiro atoms. The predicted octanol–water partition coefficient (Wildman–Crippen LogP) is 4.48. The van der Waals surface area contributed by atoms with Gasteiger partial charge in [0.15, 0.2) is 0 Å². The van der Waals surface area contributed by atoms with Crippen molar-refractivity contribution in [3.63, 3.8) is 0 Å². The Balaban J connectivity index is 2.19. The Bertz CT molecular complexity index is 414. The van der Waals surface area contributed by atoms with Gasteiger partial charge >= 0.3 is 0 Å². The monoisotopic (exact) mass is 292 g/mol. The zero-order chi connectivity index (χ0) is 12.1. The van der Waals surface area contributed by atoms with Crippen LogP contribution in [0.15, 0.2) is 28.7 Å². The first-order valence-corrected chi connectivity index (χ1v) is 6.99. The van der Waals surface area contributed by atoms with E-state index in [0.717, 1.165) is 35.8 Å². The zero-order valence-electron chi connectivity index (χ0n) is 9.88. The van der Waals surface area contributed by atoms with Crippen LogP contribution in [0.3, 0.4) is 0 Å². The van der Waals surface area contributed by atoms with Gasteiger partial charge in [-0.3, -0.25) is 0 Å². The fourth-order valence-corrected chi connectivity index (χ4v) is 2.80. The van der Waals surface area contributed by atoms with Crippen LogP contribution in [0.25, 0.3) is 0 Å². The molecule has 0 saturated heterocycles. The zero-order valence-corrected chi connectivity index (χ0v) is 11.5. The second kappa shape index (κ2) is 5.55. The van der Waals surface area contributed by atoms with Gasteiger partial charge in [0.1, 0.15) is 5.54 Å². The van der Waals surface area contributed by atoms with Crippen LogP contribution < -0.4 is 5.32 Å². The van der Waals surface area contributed by atoms with Gasteiger partial charge in [-0.2, -0.15) is 5.26 Å². The highest BCUT2D eigenvalue weighted by Gasteiger charge is 2.30. The number of benzene rings is 1. The fraction of sp³-hybridized carbons (Fsp3) is 0.500. The molecule has 2 nitrogen and oxygen atoms in total. The number of nitriles is 1. The molecule has 1 aliphatic rings. The molecule has 0 atom stereocenters. The minimum absolute atomic E-state index is 0.375. The highest BCUT2D eigenvalue weighted by atomic mass is 79.9. The van der Waals surface area contributed by atoms with E-state index >= 15 is 0 Å². The summed E-state index contributed by atoms with van der Waals surface area (Å²) >= 11 is 3.52. The second-order valence-corrected chi connectivity index (χ2v) is 5.57. The van der Waals surface area contributed by atoms with Gasteiger partial charge < -0.3 is 5.32 Å². The summed E-state index contributed by atoms with van der Waals surface area (Å²) in [5, 5.41) is 12.9. The molecule has 2 rings (SSSR count). The Kier molecular flexibility index (Phi) is 4.06. The normalized spacial score (nSPS) is 19.1. The molecule has 0 aromatic heterocycles. The lowest BCUT2D eigenvalue weighted by molar-refractivity contribution is 0.510. The van der Waals surface area contributed by atoms with Crippen molar-refractivity contribution in [2.75, 3.05) is 5.32 Å². The van der Waals surface area contributed by atoms with Crippen molar-refractivity contribution in [3.05, 3.63) is 28.7 Å². The summed E-state index contributed by atoms with van der Waals surface area (Å²) in [6.07, 6.45) is 6.69. The van der Waals surface area contributed by atoms with E-state index in [0.29, 0.717) is 0 Å². The first-order valence-electron chi connectivity index (χ1n) is 6.20. The molecule has 0 heterocycles. The summed E-state index contributed by atoms with van der Waals surface area (Å²) in [6, 6.07) is 10.5. The number of nitrogens with zero attached hydrogens (tertiary/aromatic N) is 1. The van der Waals surface area contributed by atoms with Gasteiger partial charge in [0.2, 0.25) is 0 Å². The maximum Gasteiger partial charge on any atom is 0.125 e. The van der Waals surface area contributed by atoms with Crippen molar-refractivity contribution in [1.82, 2.24) is 0 Å². The van der Waals surface area contributed by atoms with Crippen LogP contribution in [0.4, 0.5) is 5.69 Å². The largest absolute Gasteiger partial charge is 0.366 e. The van der Waals surface area contributed by atoms with Crippen LogP contribution >= 0.6 is 15.9 Å². The number of halogens is 1. The lowest BCUT2D eigenvalue weighted by Gasteiger charge is -2.28. The third-order valence-corrected chi connectivity index (χ3v) is 4.11. The van der Waals surface area contributed by atoms with Gasteiger partial charge in [0, 0.05) is 10.2 Å². The lowest BCUT2D eigenvalue weighted by atomic mass is 9.91. The van der Waals surface area contributed by atoms with Crippen molar-refractivity contribution in [1.29, 1.82) is 5.26 Å². The third-order valence-electron chi connectivity index (χ3n) is 3.42. The van der Waals surface area contributed by atoms with Gasteiger partial charge in [-0.1, -0.05) is 37.8 Å². The van der Waals surface area contributed by atoms with E-state index < -0.39 is 0 Å². The van der Waals surface area contributed by atoms with Crippen LogP contribution in [-0.2, 0) is 0 Å². The standard InChI is InChI=1S/C14H17BrN2/c15-12-7-3-4-8-13(12)17-14(11-16)9-5-1-2-6-10-14/h3-4,7-8,17H,1-2,5-6,9-10H2. The van der Waals surface area contributed by atoms with E-state index in [4.69, 9.17) is 0 Å². The van der Waals surface area contributed by atoms with E-state index in [9.17, 15) is 5.26 Å². The third kappa shape index (κ3) is 3.01. The fourth-order valence-electron chi connectivity index (χ4n) is 2.42. The van der Waals surface area contributed by atoms with Gasteiger partial charge in [-0.25, -0.2) is 0 Å². The molecule has 1 N–H and O–H groups in total. The average Bonchev–Trinajstić information content (AvgIpc) is 2.58. The van der Waals surface area contributed by atoms with Crippen molar-refractivity contribution in [2.24, 2.45) is 0 Å². The summed E-state index contributed by atoms with van der Waals surface area (Å²) in [7, 11) is 0. The van der Waals surface area contributed by atoms with E-state index in [1.807, 2.05) is 24.3 Å². The molecule has 1 aliphatic carbocycles. The Morgan fingerprint density at radius 2 is 1.76 bits per heavy atom. The van der Waals surface area contributed by atoms with Gasteiger partial charge in [-0.15, -0.1) is 0 Å². The first-order chi connectivity index (χ1) is 8.26. The number of anilines is 1. The van der Waals surface area contributed by atoms with E-state index in [1.54, 1.807) is 0 Å². The van der Waals surface area contributed by atoms with E-state index in [-0.39, 0.29) is 5.54 Å². The molecular formula is C14H17BrN2. The average molecular weight is 293 g/mol. The van der Waals surface area contributed by atoms with E-state index in [2.05, 4.69) is 27.3 Å². The summed E-state index contributed by atoms with van der Waals surface area (Å²) in [4.78, 5) is 0. The van der Waals surface area contributed by atoms with Crippen molar-refractivity contribution in [3.8, 4) is 6.07 Å². The molecule has 0 bridgehead atoms. The minimum atomic E-state index is -0.375. The number of hydrogen-bond donors (Lipinski definition) is 1. The molecule has 0 radical (unpaired) electrons. The Hall–Kier alpha value is -1.01. The topological polar surface area (TPSA) is 35.8 Å². The highest BCUT2D eigenvalue weighted by Crippen LogP contribution is 2.32. The molecule has 1 saturated carbocycles. The number of para-hydroxylation sites is 1. The Morgan fingerprint density at radius 3 is 2.35 bits per heavy atom. The van der Waals surface area contributed by atoms with Crippen molar-refractivity contribution < 1.29 is 0 Å². The number of rotatable bonds is 2. The van der Waals surface area contributed by atoms with Crippen LogP contribution in [0.1, 0.15) is 38.5 Å². The summed E-state index contributed by atoms with van der Waals surface area (Å²) in [5.74, 6) is 0. The van der Waals surface area contributed by atoms with Crippen LogP contribution in [0.5, 0.6) is 0 Å². The molecule has 1 aromatic rings. The Morgan fingerprint density at radius 1 is 1.12 bits per heavy atom. The Labute approximate surface area is 111 Å². The molecular weight excluding hydrogens is 276 g/mol. The number of nitrogens with one attached hydrogen (secondary N) is 1. The van der Waals surface area contributed by atoms with Gasteiger partial charge in [-0.05, 0) is 40.9 Å². The highest BCUT2D eigenvalue weighted by molar-refractivity contribution is 9.10. The molecule has 17 heavy (non-hydrogen) atoms. The van der Waals surface area contributed by atoms with Crippen molar-refractivity contribution in [2.45, 2.75) is 44.1 Å². The van der Waals surface area contributed by atoms with Crippen LogP contribution in [0, 0.1) is 11.3 Å². The molecule has 0 amide bonds. The molecule has 0 unspecified atom stereocenters. The maximum absolute atomic E-state index is 9.49. The predicted molar refractivity (Wildman–Crippen MR) is 73.8 cm³/mol. The summed E-state index contributed by atoms with van der Waals surface area (Å²) < 4.78 is 1.03. The summed E-state index contributed by atoms with van der Waals surface area (Å²) in [5.41, 5.74) is 0.649. The second-order valence-electron chi connectivity index (χ2n) is 4.71.